The van der Waals surface area contributed by atoms with E-state index in [-0.39, 0.29) is 36.1 Å². The molecule has 11 heteroatoms. The van der Waals surface area contributed by atoms with Gasteiger partial charge in [0.25, 0.3) is 5.24 Å². The number of aromatic nitrogens is 2. The van der Waals surface area contributed by atoms with Crippen LogP contribution in [0.2, 0.25) is 0 Å². The molecule has 2 aliphatic rings. The van der Waals surface area contributed by atoms with Gasteiger partial charge in [-0.1, -0.05) is 18.2 Å². The second-order valence-corrected chi connectivity index (χ2v) is 9.15. The highest BCUT2D eigenvalue weighted by atomic mass is 32.2. The zero-order chi connectivity index (χ0) is 24.1. The number of aliphatic hydroxyl groups is 1. The molecule has 0 aliphatic carbocycles. The number of nitrogens with zero attached hydrogens (tertiary/aromatic N) is 3. The van der Waals surface area contributed by atoms with Gasteiger partial charge in [0, 0.05) is 18.6 Å². The molecule has 7 nitrogen and oxygen atoms in total. The van der Waals surface area contributed by atoms with Crippen molar-refractivity contribution in [2.45, 2.75) is 18.3 Å². The van der Waals surface area contributed by atoms with Crippen LogP contribution in [-0.2, 0) is 23.1 Å². The third-order valence-corrected chi connectivity index (χ3v) is 6.54. The summed E-state index contributed by atoms with van der Waals surface area (Å²) in [6, 6.07) is 9.32. The van der Waals surface area contributed by atoms with Gasteiger partial charge in [-0.15, -0.1) is 0 Å². The number of carbonyl (C=O) groups excluding carboxylic acids is 1. The minimum Gasteiger partial charge on any atom is -0.380 e. The summed E-state index contributed by atoms with van der Waals surface area (Å²) in [5.41, 5.74) is -0.521. The van der Waals surface area contributed by atoms with Crippen molar-refractivity contribution < 1.29 is 27.8 Å². The summed E-state index contributed by atoms with van der Waals surface area (Å²) in [5, 5.41) is 18.0. The lowest BCUT2D eigenvalue weighted by atomic mass is 9.89. The van der Waals surface area contributed by atoms with Crippen LogP contribution in [0.25, 0.3) is 17.0 Å². The second kappa shape index (κ2) is 8.26. The standard InChI is InChI=1S/C23H19F3N4O3S/c1-27-20-19(34-21(31)28-20)7-13-2-5-18-15(6-13)10-30(29-18)9-14-3-4-16(22(32)11-33-12-22)8-17(14)23(24,25)26/h2-8,10,32H,9,11-12H2,1H3,(H,27,28,31)/b19-7-. The molecule has 1 aromatic heterocycles. The average Bonchev–Trinajstić information content (AvgIpc) is 3.33. The van der Waals surface area contributed by atoms with Crippen LogP contribution in [0.1, 0.15) is 22.3 Å². The third kappa shape index (κ3) is 4.22. The molecule has 0 atom stereocenters. The summed E-state index contributed by atoms with van der Waals surface area (Å²) < 4.78 is 47.8. The maximum absolute atomic E-state index is 13.8. The number of amides is 1. The van der Waals surface area contributed by atoms with Crippen molar-refractivity contribution in [3.05, 3.63) is 69.8 Å². The lowest BCUT2D eigenvalue weighted by Gasteiger charge is -2.37. The number of aliphatic imine (C=N–C) groups is 1. The highest BCUT2D eigenvalue weighted by molar-refractivity contribution is 8.18. The fraction of sp³-hybridized carbons (Fsp3) is 0.261. The zero-order valence-electron chi connectivity index (χ0n) is 17.9. The van der Waals surface area contributed by atoms with Crippen LogP contribution in [0.3, 0.4) is 0 Å². The fourth-order valence-corrected chi connectivity index (χ4v) is 4.70. The Morgan fingerprint density at radius 1 is 1.29 bits per heavy atom. The Morgan fingerprint density at radius 2 is 2.09 bits per heavy atom. The lowest BCUT2D eigenvalue weighted by Crippen LogP contribution is -2.46. The number of alkyl halides is 3. The topological polar surface area (TPSA) is 88.7 Å². The van der Waals surface area contributed by atoms with Crippen molar-refractivity contribution in [1.82, 2.24) is 15.1 Å². The van der Waals surface area contributed by atoms with E-state index in [0.717, 1.165) is 28.8 Å². The predicted molar refractivity (Wildman–Crippen MR) is 122 cm³/mol. The van der Waals surface area contributed by atoms with Gasteiger partial charge in [-0.3, -0.25) is 14.5 Å². The van der Waals surface area contributed by atoms with Crippen molar-refractivity contribution in [3.63, 3.8) is 0 Å². The first-order chi connectivity index (χ1) is 16.1. The monoisotopic (exact) mass is 488 g/mol. The molecule has 2 aromatic carbocycles. The molecule has 0 saturated carbocycles. The number of hydrogen-bond donors (Lipinski definition) is 2. The van der Waals surface area contributed by atoms with Crippen molar-refractivity contribution in [1.29, 1.82) is 0 Å². The van der Waals surface area contributed by atoms with Gasteiger partial charge in [0.1, 0.15) is 11.4 Å². The Hall–Kier alpha value is -3.15. The van der Waals surface area contributed by atoms with Gasteiger partial charge in [-0.25, -0.2) is 0 Å². The van der Waals surface area contributed by atoms with Crippen LogP contribution in [0, 0.1) is 0 Å². The lowest BCUT2D eigenvalue weighted by molar-refractivity contribution is -0.185. The second-order valence-electron chi connectivity index (χ2n) is 8.13. The van der Waals surface area contributed by atoms with E-state index in [1.807, 2.05) is 18.2 Å². The molecule has 2 saturated heterocycles. The van der Waals surface area contributed by atoms with E-state index in [1.165, 1.54) is 16.8 Å². The van der Waals surface area contributed by atoms with Crippen molar-refractivity contribution in [2.24, 2.45) is 4.99 Å². The number of rotatable bonds is 4. The summed E-state index contributed by atoms with van der Waals surface area (Å²) in [5.74, 6) is 0.493. The van der Waals surface area contributed by atoms with Crippen LogP contribution in [0.15, 0.2) is 52.5 Å². The van der Waals surface area contributed by atoms with Crippen molar-refractivity contribution >= 4 is 39.8 Å². The van der Waals surface area contributed by atoms with Crippen LogP contribution in [0.5, 0.6) is 0 Å². The molecular formula is C23H19F3N4O3S. The molecule has 1 amide bonds. The molecule has 0 unspecified atom stereocenters. The van der Waals surface area contributed by atoms with Crippen LogP contribution >= 0.6 is 11.8 Å². The Morgan fingerprint density at radius 3 is 2.76 bits per heavy atom. The number of amidine groups is 1. The first-order valence-electron chi connectivity index (χ1n) is 10.3. The molecular weight excluding hydrogens is 469 g/mol. The Kier molecular flexibility index (Phi) is 5.50. The smallest absolute Gasteiger partial charge is 0.380 e. The van der Waals surface area contributed by atoms with E-state index in [9.17, 15) is 23.1 Å². The van der Waals surface area contributed by atoms with E-state index in [2.05, 4.69) is 15.4 Å². The Labute approximate surface area is 196 Å². The summed E-state index contributed by atoms with van der Waals surface area (Å²) >= 11 is 1.05. The maximum atomic E-state index is 13.8. The number of fused-ring (bicyclic) bond motifs is 1. The summed E-state index contributed by atoms with van der Waals surface area (Å²) in [6.07, 6.45) is -1.09. The largest absolute Gasteiger partial charge is 0.416 e. The summed E-state index contributed by atoms with van der Waals surface area (Å²) in [7, 11) is 1.59. The van der Waals surface area contributed by atoms with E-state index in [1.54, 1.807) is 19.3 Å². The molecule has 3 heterocycles. The number of benzene rings is 2. The minimum absolute atomic E-state index is 0.0268. The molecule has 5 rings (SSSR count). The highest BCUT2D eigenvalue weighted by Gasteiger charge is 2.41. The molecule has 2 N–H and O–H groups in total. The summed E-state index contributed by atoms with van der Waals surface area (Å²) in [6.45, 7) is -0.141. The summed E-state index contributed by atoms with van der Waals surface area (Å²) in [4.78, 5) is 16.4. The van der Waals surface area contributed by atoms with E-state index in [4.69, 9.17) is 4.74 Å². The molecule has 0 bridgehead atoms. The maximum Gasteiger partial charge on any atom is 0.416 e. The molecule has 0 spiro atoms. The molecule has 176 valence electrons. The predicted octanol–water partition coefficient (Wildman–Crippen LogP) is 4.15. The normalized spacial score (nSPS) is 20.2. The molecule has 2 aliphatic heterocycles. The molecule has 34 heavy (non-hydrogen) atoms. The van der Waals surface area contributed by atoms with Crippen LogP contribution in [-0.4, -0.2) is 46.2 Å². The van der Waals surface area contributed by atoms with Crippen molar-refractivity contribution in [3.8, 4) is 0 Å². The van der Waals surface area contributed by atoms with Crippen molar-refractivity contribution in [2.75, 3.05) is 20.3 Å². The SMILES string of the molecule is CN=C1NC(=O)S/C1=C\c1ccc2nn(Cc3ccc(C4(O)COC4)cc3C(F)(F)F)cc2c1. The van der Waals surface area contributed by atoms with E-state index in [0.29, 0.717) is 16.3 Å². The van der Waals surface area contributed by atoms with Crippen LogP contribution in [0.4, 0.5) is 18.0 Å². The number of halogens is 3. The quantitative estimate of drug-likeness (QED) is 0.576. The Bertz CT molecular complexity index is 1360. The number of nitrogens with one attached hydrogen (secondary N) is 1. The Balaban J connectivity index is 1.45. The average molecular weight is 488 g/mol. The first kappa shape index (κ1) is 22.6. The molecule has 2 fully saturated rings. The highest BCUT2D eigenvalue weighted by Crippen LogP contribution is 2.37. The van der Waals surface area contributed by atoms with Gasteiger partial charge < -0.3 is 15.2 Å². The zero-order valence-corrected chi connectivity index (χ0v) is 18.7. The van der Waals surface area contributed by atoms with Gasteiger partial charge >= 0.3 is 6.18 Å². The van der Waals surface area contributed by atoms with E-state index < -0.39 is 17.3 Å². The molecule has 3 aromatic rings. The first-order valence-corrected chi connectivity index (χ1v) is 11.1. The van der Waals surface area contributed by atoms with Gasteiger partial charge in [0.15, 0.2) is 0 Å². The van der Waals surface area contributed by atoms with Gasteiger partial charge in [-0.05, 0) is 52.7 Å². The number of ether oxygens (including phenoxy) is 1. The number of carbonyl (C=O) groups is 1. The fourth-order valence-electron chi connectivity index (χ4n) is 3.92. The van der Waals surface area contributed by atoms with E-state index >= 15 is 0 Å². The third-order valence-electron chi connectivity index (χ3n) is 5.72. The number of hydrogen-bond acceptors (Lipinski definition) is 6. The number of thioether (sulfide) groups is 1. The van der Waals surface area contributed by atoms with Gasteiger partial charge in [0.05, 0.1) is 35.7 Å². The van der Waals surface area contributed by atoms with Gasteiger partial charge in [0.2, 0.25) is 0 Å². The van der Waals surface area contributed by atoms with Gasteiger partial charge in [-0.2, -0.15) is 18.3 Å². The molecule has 0 radical (unpaired) electrons. The minimum atomic E-state index is -4.58. The van der Waals surface area contributed by atoms with Crippen LogP contribution < -0.4 is 5.32 Å².